The minimum absolute atomic E-state index is 0.152. The van der Waals surface area contributed by atoms with Gasteiger partial charge in [-0.3, -0.25) is 4.79 Å². The number of aromatic nitrogens is 1. The van der Waals surface area contributed by atoms with Gasteiger partial charge in [0.1, 0.15) is 5.75 Å². The molecule has 0 aliphatic heterocycles. The Morgan fingerprint density at radius 1 is 1.00 bits per heavy atom. The van der Waals surface area contributed by atoms with Crippen LogP contribution in [0.1, 0.15) is 21.5 Å². The largest absolute Gasteiger partial charge is 0.507 e. The van der Waals surface area contributed by atoms with Crippen molar-refractivity contribution < 1.29 is 9.90 Å². The van der Waals surface area contributed by atoms with E-state index in [-0.39, 0.29) is 5.75 Å². The second-order valence-corrected chi connectivity index (χ2v) is 6.31. The van der Waals surface area contributed by atoms with E-state index in [1.165, 1.54) is 5.56 Å². The first-order valence-electron chi connectivity index (χ1n) is 8.14. The summed E-state index contributed by atoms with van der Waals surface area (Å²) in [7, 11) is 0. The summed E-state index contributed by atoms with van der Waals surface area (Å²) in [5.74, 6) is -0.345. The Hall–Kier alpha value is -3.27. The number of fused-ring (bicyclic) bond motifs is 3. The lowest BCUT2D eigenvalue weighted by atomic mass is 10.1. The van der Waals surface area contributed by atoms with E-state index in [4.69, 9.17) is 5.73 Å². The fourth-order valence-corrected chi connectivity index (χ4v) is 3.54. The van der Waals surface area contributed by atoms with Crippen LogP contribution in [0.5, 0.6) is 5.75 Å². The number of nitrogens with zero attached hydrogens (tertiary/aromatic N) is 1. The normalized spacial score (nSPS) is 11.2. The number of phenols is 1. The zero-order valence-electron chi connectivity index (χ0n) is 13.9. The Labute approximate surface area is 145 Å². The molecule has 1 heterocycles. The Morgan fingerprint density at radius 2 is 1.68 bits per heavy atom. The zero-order valence-corrected chi connectivity index (χ0v) is 13.9. The first-order valence-corrected chi connectivity index (χ1v) is 8.14. The monoisotopic (exact) mass is 330 g/mol. The molecule has 25 heavy (non-hydrogen) atoms. The minimum Gasteiger partial charge on any atom is -0.507 e. The van der Waals surface area contributed by atoms with Crippen LogP contribution in [-0.2, 0) is 6.54 Å². The van der Waals surface area contributed by atoms with E-state index in [1.54, 1.807) is 12.1 Å². The number of phenolic OH excluding ortho intramolecular Hbond substituents is 1. The highest BCUT2D eigenvalue weighted by Gasteiger charge is 2.18. The highest BCUT2D eigenvalue weighted by molar-refractivity contribution is 6.19. The van der Waals surface area contributed by atoms with Crippen LogP contribution in [0.4, 0.5) is 0 Å². The lowest BCUT2D eigenvalue weighted by Gasteiger charge is -2.09. The molecule has 4 nitrogen and oxygen atoms in total. The minimum atomic E-state index is -0.497. The van der Waals surface area contributed by atoms with Crippen LogP contribution in [0.3, 0.4) is 0 Å². The molecule has 4 rings (SSSR count). The van der Waals surface area contributed by atoms with Crippen molar-refractivity contribution in [2.45, 2.75) is 13.5 Å². The van der Waals surface area contributed by atoms with Crippen molar-refractivity contribution >= 4 is 27.7 Å². The summed E-state index contributed by atoms with van der Waals surface area (Å²) in [4.78, 5) is 11.9. The van der Waals surface area contributed by atoms with Gasteiger partial charge in [-0.1, -0.05) is 42.0 Å². The van der Waals surface area contributed by atoms with Crippen molar-refractivity contribution in [2.24, 2.45) is 5.73 Å². The molecule has 0 atom stereocenters. The third-order valence-electron chi connectivity index (χ3n) is 4.58. The van der Waals surface area contributed by atoms with Crippen molar-refractivity contribution in [1.82, 2.24) is 4.57 Å². The van der Waals surface area contributed by atoms with Crippen molar-refractivity contribution in [2.75, 3.05) is 0 Å². The van der Waals surface area contributed by atoms with Gasteiger partial charge in [0.25, 0.3) is 0 Å². The van der Waals surface area contributed by atoms with Crippen LogP contribution in [0.25, 0.3) is 21.8 Å². The van der Waals surface area contributed by atoms with E-state index in [0.29, 0.717) is 22.9 Å². The highest BCUT2D eigenvalue weighted by Crippen LogP contribution is 2.37. The Bertz CT molecular complexity index is 1130. The standard InChI is InChI=1S/C21H18N2O2/c1-13-5-2-6-14(11-13)12-23-16-8-3-7-15(21(22)25)19(16)20-17(23)9-4-10-18(20)24/h2-11,24H,12H2,1H3,(H2,22,25). The molecule has 3 N–H and O–H groups in total. The number of amides is 1. The maximum Gasteiger partial charge on any atom is 0.249 e. The fourth-order valence-electron chi connectivity index (χ4n) is 3.54. The first-order chi connectivity index (χ1) is 12.1. The van der Waals surface area contributed by atoms with Crippen LogP contribution in [-0.4, -0.2) is 15.6 Å². The number of hydrogen-bond donors (Lipinski definition) is 2. The molecule has 0 aliphatic carbocycles. The molecule has 0 aliphatic rings. The second-order valence-electron chi connectivity index (χ2n) is 6.31. The lowest BCUT2D eigenvalue weighted by molar-refractivity contribution is 0.100. The predicted molar refractivity (Wildman–Crippen MR) is 99.9 cm³/mol. The predicted octanol–water partition coefficient (Wildman–Crippen LogP) is 3.96. The molecule has 0 unspecified atom stereocenters. The summed E-state index contributed by atoms with van der Waals surface area (Å²) in [5.41, 5.74) is 10.1. The van der Waals surface area contributed by atoms with E-state index in [1.807, 2.05) is 30.3 Å². The maximum atomic E-state index is 11.9. The highest BCUT2D eigenvalue weighted by atomic mass is 16.3. The smallest absolute Gasteiger partial charge is 0.249 e. The van der Waals surface area contributed by atoms with Crippen LogP contribution in [0.15, 0.2) is 60.7 Å². The third-order valence-corrected chi connectivity index (χ3v) is 4.58. The summed E-state index contributed by atoms with van der Waals surface area (Å²) in [6.45, 7) is 2.71. The molecule has 1 aromatic heterocycles. The van der Waals surface area contributed by atoms with Gasteiger partial charge < -0.3 is 15.4 Å². The number of aromatic hydroxyl groups is 1. The third kappa shape index (κ3) is 2.43. The van der Waals surface area contributed by atoms with Gasteiger partial charge in [0.15, 0.2) is 0 Å². The van der Waals surface area contributed by atoms with E-state index in [0.717, 1.165) is 16.6 Å². The summed E-state index contributed by atoms with van der Waals surface area (Å²) in [5, 5.41) is 11.8. The summed E-state index contributed by atoms with van der Waals surface area (Å²) in [6, 6.07) is 19.2. The van der Waals surface area contributed by atoms with Gasteiger partial charge in [-0.2, -0.15) is 0 Å². The Kier molecular flexibility index (Phi) is 3.46. The topological polar surface area (TPSA) is 68.2 Å². The van der Waals surface area contributed by atoms with Gasteiger partial charge in [0.05, 0.1) is 16.4 Å². The number of nitrogens with two attached hydrogens (primary N) is 1. The molecule has 4 aromatic rings. The Morgan fingerprint density at radius 3 is 2.40 bits per heavy atom. The van der Waals surface area contributed by atoms with Gasteiger partial charge in [-0.25, -0.2) is 0 Å². The second kappa shape index (κ2) is 5.67. The zero-order chi connectivity index (χ0) is 17.6. The maximum absolute atomic E-state index is 11.9. The average Bonchev–Trinajstić information content (AvgIpc) is 2.90. The molecule has 0 fully saturated rings. The SMILES string of the molecule is Cc1cccc(Cn2c3cccc(O)c3c3c(C(N)=O)cccc32)c1. The number of hydrogen-bond acceptors (Lipinski definition) is 2. The van der Waals surface area contributed by atoms with Crippen LogP contribution < -0.4 is 5.73 Å². The molecule has 0 radical (unpaired) electrons. The van der Waals surface area contributed by atoms with E-state index in [9.17, 15) is 9.90 Å². The number of rotatable bonds is 3. The van der Waals surface area contributed by atoms with E-state index in [2.05, 4.69) is 29.7 Å². The van der Waals surface area contributed by atoms with Crippen molar-refractivity contribution in [3.05, 3.63) is 77.4 Å². The number of aryl methyl sites for hydroxylation is 1. The molecule has 0 saturated carbocycles. The number of carbonyl (C=O) groups is 1. The first kappa shape index (κ1) is 15.3. The molecular formula is C21H18N2O2. The van der Waals surface area contributed by atoms with Crippen molar-refractivity contribution in [3.8, 4) is 5.75 Å². The van der Waals surface area contributed by atoms with E-state index < -0.39 is 5.91 Å². The number of carbonyl (C=O) groups excluding carboxylic acids is 1. The number of primary amides is 1. The molecule has 1 amide bonds. The lowest BCUT2D eigenvalue weighted by Crippen LogP contribution is -2.11. The van der Waals surface area contributed by atoms with Gasteiger partial charge in [0, 0.05) is 17.5 Å². The fraction of sp³-hybridized carbons (Fsp3) is 0.0952. The number of benzene rings is 3. The quantitative estimate of drug-likeness (QED) is 0.597. The molecule has 0 bridgehead atoms. The van der Waals surface area contributed by atoms with Crippen molar-refractivity contribution in [1.29, 1.82) is 0 Å². The summed E-state index contributed by atoms with van der Waals surface area (Å²) in [6.07, 6.45) is 0. The van der Waals surface area contributed by atoms with Gasteiger partial charge in [0.2, 0.25) is 5.91 Å². The van der Waals surface area contributed by atoms with Gasteiger partial charge in [-0.05, 0) is 36.8 Å². The van der Waals surface area contributed by atoms with Crippen LogP contribution >= 0.6 is 0 Å². The Balaban J connectivity index is 2.08. The van der Waals surface area contributed by atoms with Crippen molar-refractivity contribution in [3.63, 3.8) is 0 Å². The van der Waals surface area contributed by atoms with Gasteiger partial charge >= 0.3 is 0 Å². The molecule has 0 saturated heterocycles. The average molecular weight is 330 g/mol. The molecule has 3 aromatic carbocycles. The van der Waals surface area contributed by atoms with Gasteiger partial charge in [-0.15, -0.1) is 0 Å². The molecular weight excluding hydrogens is 312 g/mol. The molecule has 124 valence electrons. The summed E-state index contributed by atoms with van der Waals surface area (Å²) < 4.78 is 2.12. The van der Waals surface area contributed by atoms with E-state index >= 15 is 0 Å². The summed E-state index contributed by atoms with van der Waals surface area (Å²) >= 11 is 0. The van der Waals surface area contributed by atoms with Crippen LogP contribution in [0, 0.1) is 6.92 Å². The molecule has 4 heteroatoms. The molecule has 0 spiro atoms. The van der Waals surface area contributed by atoms with Crippen LogP contribution in [0.2, 0.25) is 0 Å².